The highest BCUT2D eigenvalue weighted by Crippen LogP contribution is 2.47. The van der Waals surface area contributed by atoms with Gasteiger partial charge in [-0.3, -0.25) is 9.59 Å². The van der Waals surface area contributed by atoms with Gasteiger partial charge in [0, 0.05) is 6.04 Å². The van der Waals surface area contributed by atoms with Gasteiger partial charge in [-0.1, -0.05) is 51.5 Å². The molecule has 1 aromatic carbocycles. The van der Waals surface area contributed by atoms with E-state index in [-0.39, 0.29) is 23.8 Å². The summed E-state index contributed by atoms with van der Waals surface area (Å²) >= 11 is 0. The van der Waals surface area contributed by atoms with Crippen LogP contribution in [0.25, 0.3) is 0 Å². The molecule has 2 aliphatic rings. The molecule has 2 fully saturated rings. The molecule has 4 heteroatoms. The van der Waals surface area contributed by atoms with Crippen molar-refractivity contribution in [3.05, 3.63) is 35.4 Å². The zero-order chi connectivity index (χ0) is 18.0. The number of hydrogen-bond acceptors (Lipinski definition) is 2. The van der Waals surface area contributed by atoms with Crippen molar-refractivity contribution >= 4 is 11.8 Å². The largest absolute Gasteiger partial charge is 0.352 e. The minimum atomic E-state index is -0.822. The van der Waals surface area contributed by atoms with Crippen molar-refractivity contribution in [3.63, 3.8) is 0 Å². The molecule has 0 radical (unpaired) electrons. The minimum Gasteiger partial charge on any atom is -0.352 e. The van der Waals surface area contributed by atoms with Crippen LogP contribution in [-0.2, 0) is 16.0 Å². The Hall–Kier alpha value is -1.84. The van der Waals surface area contributed by atoms with Crippen LogP contribution in [0.15, 0.2) is 24.3 Å². The van der Waals surface area contributed by atoms with Gasteiger partial charge < -0.3 is 10.6 Å². The van der Waals surface area contributed by atoms with Crippen molar-refractivity contribution in [1.82, 2.24) is 10.6 Å². The summed E-state index contributed by atoms with van der Waals surface area (Å²) in [6.45, 7) is 6.39. The Morgan fingerprint density at radius 1 is 1.12 bits per heavy atom. The van der Waals surface area contributed by atoms with Gasteiger partial charge in [0.2, 0.25) is 11.8 Å². The summed E-state index contributed by atoms with van der Waals surface area (Å²) in [6.07, 6.45) is 5.62. The Bertz CT molecular complexity index is 628. The van der Waals surface area contributed by atoms with E-state index in [4.69, 9.17) is 0 Å². The van der Waals surface area contributed by atoms with E-state index in [0.717, 1.165) is 31.2 Å². The van der Waals surface area contributed by atoms with E-state index in [1.807, 2.05) is 0 Å². The number of aryl methyl sites for hydroxylation is 1. The first-order valence-electron chi connectivity index (χ1n) is 9.67. The molecule has 0 bridgehead atoms. The number of rotatable bonds is 8. The van der Waals surface area contributed by atoms with E-state index in [0.29, 0.717) is 18.9 Å². The molecular formula is C21H30N2O2. The van der Waals surface area contributed by atoms with E-state index in [9.17, 15) is 9.59 Å². The van der Waals surface area contributed by atoms with E-state index in [1.54, 1.807) is 0 Å². The van der Waals surface area contributed by atoms with Crippen LogP contribution in [0.1, 0.15) is 70.0 Å². The van der Waals surface area contributed by atoms with Crippen LogP contribution in [0.2, 0.25) is 0 Å². The summed E-state index contributed by atoms with van der Waals surface area (Å²) < 4.78 is 0. The quantitative estimate of drug-likeness (QED) is 0.710. The van der Waals surface area contributed by atoms with Gasteiger partial charge in [0.25, 0.3) is 0 Å². The van der Waals surface area contributed by atoms with Crippen molar-refractivity contribution < 1.29 is 9.59 Å². The molecule has 136 valence electrons. The fourth-order valence-electron chi connectivity index (χ4n) is 3.33. The molecule has 1 atom stereocenters. The zero-order valence-electron chi connectivity index (χ0n) is 15.6. The monoisotopic (exact) mass is 342 g/mol. The molecule has 3 rings (SSSR count). The van der Waals surface area contributed by atoms with Crippen molar-refractivity contribution in [2.24, 2.45) is 11.3 Å². The number of amides is 2. The van der Waals surface area contributed by atoms with E-state index in [1.165, 1.54) is 5.56 Å². The summed E-state index contributed by atoms with van der Waals surface area (Å²) in [6, 6.07) is 8.75. The van der Waals surface area contributed by atoms with Gasteiger partial charge in [-0.25, -0.2) is 0 Å². The molecule has 4 nitrogen and oxygen atoms in total. The first-order chi connectivity index (χ1) is 12.0. The molecule has 0 heterocycles. The van der Waals surface area contributed by atoms with Gasteiger partial charge in [-0.15, -0.1) is 0 Å². The number of carbonyl (C=O) groups excluding carboxylic acids is 2. The second kappa shape index (κ2) is 7.19. The first-order valence-corrected chi connectivity index (χ1v) is 9.67. The average molecular weight is 342 g/mol. The lowest BCUT2D eigenvalue weighted by molar-refractivity contribution is -0.137. The highest BCUT2D eigenvalue weighted by molar-refractivity contribution is 6.08. The molecule has 0 unspecified atom stereocenters. The summed E-state index contributed by atoms with van der Waals surface area (Å²) in [7, 11) is 0. The third-order valence-corrected chi connectivity index (χ3v) is 5.36. The summed E-state index contributed by atoms with van der Waals surface area (Å²) in [5.41, 5.74) is 1.61. The number of benzene rings is 1. The molecule has 25 heavy (non-hydrogen) atoms. The molecule has 0 spiro atoms. The maximum atomic E-state index is 12.9. The van der Waals surface area contributed by atoms with Gasteiger partial charge in [0.1, 0.15) is 5.41 Å². The summed E-state index contributed by atoms with van der Waals surface area (Å²) in [4.78, 5) is 25.3. The smallest absolute Gasteiger partial charge is 0.236 e. The standard InChI is InChI=1S/C21H30N2O2/c1-4-5-15-6-8-16(9-7-15)18(14(2)3)23-20(25)21(12-13-21)19(24)22-17-10-11-17/h6-9,14,17-18H,4-5,10-13H2,1-3H3,(H,22,24)(H,23,25)/t18-/m0/s1. The van der Waals surface area contributed by atoms with Gasteiger partial charge >= 0.3 is 0 Å². The molecule has 2 amide bonds. The number of carbonyl (C=O) groups is 2. The predicted octanol–water partition coefficient (Wildman–Crippen LogP) is 3.51. The fraction of sp³-hybridized carbons (Fsp3) is 0.619. The normalized spacial score (nSPS) is 19.4. The second-order valence-electron chi connectivity index (χ2n) is 8.02. The Morgan fingerprint density at radius 3 is 2.24 bits per heavy atom. The minimum absolute atomic E-state index is 0.0608. The third-order valence-electron chi connectivity index (χ3n) is 5.36. The van der Waals surface area contributed by atoms with Gasteiger partial charge in [0.05, 0.1) is 6.04 Å². The molecule has 2 saturated carbocycles. The lowest BCUT2D eigenvalue weighted by atomic mass is 9.93. The fourth-order valence-corrected chi connectivity index (χ4v) is 3.33. The van der Waals surface area contributed by atoms with Gasteiger partial charge in [-0.05, 0) is 49.1 Å². The lowest BCUT2D eigenvalue weighted by Crippen LogP contribution is -2.45. The van der Waals surface area contributed by atoms with Gasteiger partial charge in [0.15, 0.2) is 0 Å². The molecule has 1 aromatic rings. The van der Waals surface area contributed by atoms with Crippen LogP contribution in [0, 0.1) is 11.3 Å². The molecule has 2 N–H and O–H groups in total. The topological polar surface area (TPSA) is 58.2 Å². The van der Waals surface area contributed by atoms with Crippen molar-refractivity contribution in [2.75, 3.05) is 0 Å². The van der Waals surface area contributed by atoms with Gasteiger partial charge in [-0.2, -0.15) is 0 Å². The van der Waals surface area contributed by atoms with Crippen LogP contribution in [-0.4, -0.2) is 17.9 Å². The SMILES string of the molecule is CCCc1ccc([C@@H](NC(=O)C2(C(=O)NC3CC3)CC2)C(C)C)cc1. The Morgan fingerprint density at radius 2 is 1.76 bits per heavy atom. The van der Waals surface area contributed by atoms with Crippen LogP contribution < -0.4 is 10.6 Å². The van der Waals surface area contributed by atoms with Crippen molar-refractivity contribution in [2.45, 2.75) is 71.4 Å². The van der Waals surface area contributed by atoms with Crippen LogP contribution in [0.5, 0.6) is 0 Å². The van der Waals surface area contributed by atoms with Crippen molar-refractivity contribution in [1.29, 1.82) is 0 Å². The van der Waals surface area contributed by atoms with Crippen LogP contribution in [0.4, 0.5) is 0 Å². The molecule has 0 aromatic heterocycles. The van der Waals surface area contributed by atoms with Crippen LogP contribution in [0.3, 0.4) is 0 Å². The zero-order valence-corrected chi connectivity index (χ0v) is 15.6. The second-order valence-corrected chi connectivity index (χ2v) is 8.02. The van der Waals surface area contributed by atoms with Crippen LogP contribution >= 0.6 is 0 Å². The van der Waals surface area contributed by atoms with Crippen molar-refractivity contribution in [3.8, 4) is 0 Å². The highest BCUT2D eigenvalue weighted by atomic mass is 16.2. The van der Waals surface area contributed by atoms with E-state index in [2.05, 4.69) is 55.7 Å². The Balaban J connectivity index is 1.68. The Labute approximate surface area is 150 Å². The number of nitrogens with one attached hydrogen (secondary N) is 2. The molecular weight excluding hydrogens is 312 g/mol. The predicted molar refractivity (Wildman–Crippen MR) is 99.0 cm³/mol. The number of hydrogen-bond donors (Lipinski definition) is 2. The van der Waals surface area contributed by atoms with E-state index < -0.39 is 5.41 Å². The third kappa shape index (κ3) is 4.05. The highest BCUT2D eigenvalue weighted by Gasteiger charge is 2.57. The lowest BCUT2D eigenvalue weighted by Gasteiger charge is -2.26. The summed E-state index contributed by atoms with van der Waals surface area (Å²) in [5.74, 6) is 0.0820. The molecule has 2 aliphatic carbocycles. The Kier molecular flexibility index (Phi) is 5.16. The van der Waals surface area contributed by atoms with E-state index >= 15 is 0 Å². The molecule has 0 saturated heterocycles. The maximum Gasteiger partial charge on any atom is 0.236 e. The first kappa shape index (κ1) is 18.0. The maximum absolute atomic E-state index is 12.9. The average Bonchev–Trinajstić information content (AvgIpc) is 3.47. The molecule has 0 aliphatic heterocycles. The summed E-state index contributed by atoms with van der Waals surface area (Å²) in [5, 5.41) is 6.16.